The molecule has 0 saturated carbocycles. The highest BCUT2D eigenvalue weighted by Gasteiger charge is 2.30. The van der Waals surface area contributed by atoms with Crippen LogP contribution in [0, 0.1) is 5.92 Å². The molecule has 1 aliphatic heterocycles. The van der Waals surface area contributed by atoms with Crippen molar-refractivity contribution in [3.63, 3.8) is 0 Å². The molecular weight excluding hydrogens is 342 g/mol. The van der Waals surface area contributed by atoms with E-state index in [-0.39, 0.29) is 23.4 Å². The fourth-order valence-corrected chi connectivity index (χ4v) is 3.33. The summed E-state index contributed by atoms with van der Waals surface area (Å²) >= 11 is 0. The van der Waals surface area contributed by atoms with Gasteiger partial charge in [0.25, 0.3) is 5.91 Å². The molecule has 27 heavy (non-hydrogen) atoms. The van der Waals surface area contributed by atoms with E-state index in [1.807, 2.05) is 0 Å². The number of rotatable bonds is 6. The number of benzene rings is 2. The van der Waals surface area contributed by atoms with Gasteiger partial charge in [0.15, 0.2) is 5.78 Å². The zero-order chi connectivity index (χ0) is 19.2. The normalized spacial score (nSPS) is 16.6. The van der Waals surface area contributed by atoms with Crippen molar-refractivity contribution in [2.75, 3.05) is 19.7 Å². The summed E-state index contributed by atoms with van der Waals surface area (Å²) in [6.07, 6.45) is 3.11. The molecule has 2 aromatic rings. The minimum Gasteiger partial charge on any atom is -0.507 e. The molecule has 140 valence electrons. The number of phenols is 1. The summed E-state index contributed by atoms with van der Waals surface area (Å²) < 4.78 is 5.49. The molecule has 2 aromatic carbocycles. The average molecular weight is 365 g/mol. The summed E-state index contributed by atoms with van der Waals surface area (Å²) in [5, 5.41) is 9.94. The lowest BCUT2D eigenvalue weighted by Crippen LogP contribution is -2.42. The van der Waals surface area contributed by atoms with Crippen LogP contribution in [-0.2, 0) is 0 Å². The van der Waals surface area contributed by atoms with Crippen LogP contribution in [0.25, 0.3) is 0 Å². The van der Waals surface area contributed by atoms with Crippen LogP contribution in [0.3, 0.4) is 0 Å². The van der Waals surface area contributed by atoms with Crippen molar-refractivity contribution in [3.05, 3.63) is 72.3 Å². The number of ketones is 1. The Morgan fingerprint density at radius 3 is 2.81 bits per heavy atom. The summed E-state index contributed by atoms with van der Waals surface area (Å²) in [5.74, 6) is 0.0521. The van der Waals surface area contributed by atoms with E-state index in [0.717, 1.165) is 6.42 Å². The smallest absolute Gasteiger partial charge is 0.254 e. The molecule has 0 spiro atoms. The fraction of sp³-hybridized carbons (Fsp3) is 0.273. The highest BCUT2D eigenvalue weighted by atomic mass is 16.5. The van der Waals surface area contributed by atoms with Crippen molar-refractivity contribution in [2.45, 2.75) is 12.8 Å². The van der Waals surface area contributed by atoms with Gasteiger partial charge in [-0.05, 0) is 43.2 Å². The zero-order valence-corrected chi connectivity index (χ0v) is 15.1. The number of piperidine rings is 1. The lowest BCUT2D eigenvalue weighted by molar-refractivity contribution is 0.0636. The molecule has 3 rings (SSSR count). The van der Waals surface area contributed by atoms with Gasteiger partial charge in [0.1, 0.15) is 18.1 Å². The highest BCUT2D eigenvalue weighted by molar-refractivity contribution is 6.01. The molecule has 1 aliphatic rings. The average Bonchev–Trinajstić information content (AvgIpc) is 2.72. The van der Waals surface area contributed by atoms with Crippen LogP contribution < -0.4 is 4.74 Å². The third-order valence-electron chi connectivity index (χ3n) is 4.70. The molecule has 0 bridgehead atoms. The number of nitrogens with zero attached hydrogens (tertiary/aromatic N) is 1. The molecule has 1 fully saturated rings. The van der Waals surface area contributed by atoms with E-state index in [1.165, 1.54) is 6.07 Å². The Morgan fingerprint density at radius 2 is 2.04 bits per heavy atom. The lowest BCUT2D eigenvalue weighted by Gasteiger charge is -2.32. The number of hydrogen-bond donors (Lipinski definition) is 1. The second-order valence-corrected chi connectivity index (χ2v) is 6.60. The van der Waals surface area contributed by atoms with E-state index in [0.29, 0.717) is 43.0 Å². The van der Waals surface area contributed by atoms with Gasteiger partial charge in [-0.3, -0.25) is 9.59 Å². The van der Waals surface area contributed by atoms with Crippen LogP contribution in [0.15, 0.2) is 61.2 Å². The van der Waals surface area contributed by atoms with E-state index in [4.69, 9.17) is 4.74 Å². The number of phenolic OH excluding ortho intramolecular Hbond substituents is 1. The Kier molecular flexibility index (Phi) is 5.91. The van der Waals surface area contributed by atoms with Gasteiger partial charge in [-0.1, -0.05) is 30.9 Å². The standard InChI is InChI=1S/C22H23NO4/c1-2-13-27-18-9-5-7-16(14-18)22(26)23-12-6-8-17(15-23)21(25)19-10-3-4-11-20(19)24/h2-5,7,9-11,14,17,24H,1,6,8,12-13,15H2. The number of amides is 1. The van der Waals surface area contributed by atoms with E-state index in [1.54, 1.807) is 53.4 Å². The van der Waals surface area contributed by atoms with E-state index >= 15 is 0 Å². The van der Waals surface area contributed by atoms with Crippen molar-refractivity contribution in [1.29, 1.82) is 0 Å². The molecular formula is C22H23NO4. The van der Waals surface area contributed by atoms with Gasteiger partial charge in [-0.15, -0.1) is 0 Å². The Morgan fingerprint density at radius 1 is 1.22 bits per heavy atom. The molecule has 1 amide bonds. The molecule has 1 N–H and O–H groups in total. The molecule has 5 heteroatoms. The first-order valence-electron chi connectivity index (χ1n) is 9.05. The summed E-state index contributed by atoms with van der Waals surface area (Å²) in [6.45, 7) is 4.95. The maximum absolute atomic E-state index is 12.9. The molecule has 0 radical (unpaired) electrons. The van der Waals surface area contributed by atoms with Crippen molar-refractivity contribution < 1.29 is 19.4 Å². The first-order valence-corrected chi connectivity index (χ1v) is 9.05. The molecule has 1 heterocycles. The Labute approximate surface area is 158 Å². The Hall–Kier alpha value is -3.08. The molecule has 5 nitrogen and oxygen atoms in total. The van der Waals surface area contributed by atoms with E-state index in [9.17, 15) is 14.7 Å². The fourth-order valence-electron chi connectivity index (χ4n) is 3.33. The zero-order valence-electron chi connectivity index (χ0n) is 15.1. The highest BCUT2D eigenvalue weighted by Crippen LogP contribution is 2.26. The second kappa shape index (κ2) is 8.54. The largest absolute Gasteiger partial charge is 0.507 e. The minimum atomic E-state index is -0.309. The third-order valence-corrected chi connectivity index (χ3v) is 4.70. The molecule has 1 unspecified atom stereocenters. The number of para-hydroxylation sites is 1. The summed E-state index contributed by atoms with van der Waals surface area (Å²) in [5.41, 5.74) is 0.851. The van der Waals surface area contributed by atoms with Gasteiger partial charge in [0.05, 0.1) is 5.56 Å². The van der Waals surface area contributed by atoms with Gasteiger partial charge in [-0.2, -0.15) is 0 Å². The van der Waals surface area contributed by atoms with Crippen LogP contribution >= 0.6 is 0 Å². The Bertz CT molecular complexity index is 846. The predicted molar refractivity (Wildman–Crippen MR) is 103 cm³/mol. The van der Waals surface area contributed by atoms with Crippen LogP contribution in [0.1, 0.15) is 33.6 Å². The molecule has 0 aliphatic carbocycles. The van der Waals surface area contributed by atoms with Gasteiger partial charge in [0, 0.05) is 24.6 Å². The minimum absolute atomic E-state index is 0.0157. The SMILES string of the molecule is C=CCOc1cccc(C(=O)N2CCCC(C(=O)c3ccccc3O)C2)c1. The number of aromatic hydroxyl groups is 1. The van der Waals surface area contributed by atoms with Gasteiger partial charge in [-0.25, -0.2) is 0 Å². The first-order chi connectivity index (χ1) is 13.1. The summed E-state index contributed by atoms with van der Waals surface area (Å²) in [4.78, 5) is 27.4. The molecule has 1 atom stereocenters. The van der Waals surface area contributed by atoms with Crippen LogP contribution in [-0.4, -0.2) is 41.4 Å². The molecule has 0 aromatic heterocycles. The first kappa shape index (κ1) is 18.7. The summed E-state index contributed by atoms with van der Waals surface area (Å²) in [7, 11) is 0. The van der Waals surface area contributed by atoms with Crippen molar-refractivity contribution in [2.24, 2.45) is 5.92 Å². The van der Waals surface area contributed by atoms with Crippen LogP contribution in [0.4, 0.5) is 0 Å². The van der Waals surface area contributed by atoms with E-state index < -0.39 is 0 Å². The maximum Gasteiger partial charge on any atom is 0.254 e. The number of carbonyl (C=O) groups excluding carboxylic acids is 2. The lowest BCUT2D eigenvalue weighted by atomic mass is 9.89. The number of carbonyl (C=O) groups is 2. The quantitative estimate of drug-likeness (QED) is 0.626. The number of hydrogen-bond acceptors (Lipinski definition) is 4. The van der Waals surface area contributed by atoms with Crippen molar-refractivity contribution in [3.8, 4) is 11.5 Å². The van der Waals surface area contributed by atoms with Gasteiger partial charge in [0.2, 0.25) is 0 Å². The Balaban J connectivity index is 1.72. The van der Waals surface area contributed by atoms with Gasteiger partial charge < -0.3 is 14.7 Å². The summed E-state index contributed by atoms with van der Waals surface area (Å²) in [6, 6.07) is 13.6. The van der Waals surface area contributed by atoms with Gasteiger partial charge >= 0.3 is 0 Å². The number of likely N-dealkylation sites (tertiary alicyclic amines) is 1. The van der Waals surface area contributed by atoms with Crippen LogP contribution in [0.2, 0.25) is 0 Å². The third kappa shape index (κ3) is 4.37. The van der Waals surface area contributed by atoms with Crippen molar-refractivity contribution in [1.82, 2.24) is 4.90 Å². The number of ether oxygens (including phenoxy) is 1. The van der Waals surface area contributed by atoms with Crippen LogP contribution in [0.5, 0.6) is 11.5 Å². The second-order valence-electron chi connectivity index (χ2n) is 6.60. The topological polar surface area (TPSA) is 66.8 Å². The predicted octanol–water partition coefficient (Wildman–Crippen LogP) is 3.69. The van der Waals surface area contributed by atoms with Crippen molar-refractivity contribution >= 4 is 11.7 Å². The number of Topliss-reactive ketones (excluding diaryl/α,β-unsaturated/α-hetero) is 1. The van der Waals surface area contributed by atoms with E-state index in [2.05, 4.69) is 6.58 Å². The monoisotopic (exact) mass is 365 g/mol. The molecule has 1 saturated heterocycles. The maximum atomic E-state index is 12.9.